The fraction of sp³-hybridized carbons (Fsp3) is 0.154. The summed E-state index contributed by atoms with van der Waals surface area (Å²) in [6, 6.07) is 11.5. The van der Waals surface area contributed by atoms with E-state index >= 15 is 0 Å². The van der Waals surface area contributed by atoms with Crippen LogP contribution in [0.2, 0.25) is 0 Å². The molecule has 0 unspecified atom stereocenters. The first-order valence-electron chi connectivity index (χ1n) is 5.37. The molecular formula is C13H15N3O. The summed E-state index contributed by atoms with van der Waals surface area (Å²) in [5, 5.41) is 3.24. The molecule has 3 N–H and O–H groups in total. The maximum absolute atomic E-state index is 5.95. The largest absolute Gasteiger partial charge is 0.495 e. The number of nitrogens with zero attached hydrogens (tertiary/aromatic N) is 1. The molecule has 0 amide bonds. The Morgan fingerprint density at radius 1 is 1.24 bits per heavy atom. The minimum Gasteiger partial charge on any atom is -0.495 e. The number of hydrogen-bond acceptors (Lipinski definition) is 4. The van der Waals surface area contributed by atoms with Crippen LogP contribution in [0.5, 0.6) is 5.75 Å². The van der Waals surface area contributed by atoms with Crippen LogP contribution in [0.25, 0.3) is 0 Å². The maximum Gasteiger partial charge on any atom is 0.143 e. The van der Waals surface area contributed by atoms with Crippen molar-refractivity contribution in [1.82, 2.24) is 4.98 Å². The molecule has 2 aromatic rings. The van der Waals surface area contributed by atoms with Gasteiger partial charge in [0.25, 0.3) is 0 Å². The molecule has 0 aliphatic heterocycles. The summed E-state index contributed by atoms with van der Waals surface area (Å²) >= 11 is 0. The summed E-state index contributed by atoms with van der Waals surface area (Å²) in [6.07, 6.45) is 1.77. The van der Waals surface area contributed by atoms with E-state index in [2.05, 4.69) is 10.3 Å². The third kappa shape index (κ3) is 2.66. The highest BCUT2D eigenvalue weighted by Crippen LogP contribution is 2.28. The smallest absolute Gasteiger partial charge is 0.143 e. The SMILES string of the molecule is COc1cccc(NCc2ccccn2)c1N. The number of nitrogens with two attached hydrogens (primary N) is 1. The van der Waals surface area contributed by atoms with Gasteiger partial charge in [-0.2, -0.15) is 0 Å². The number of pyridine rings is 1. The van der Waals surface area contributed by atoms with Crippen molar-refractivity contribution in [3.63, 3.8) is 0 Å². The van der Waals surface area contributed by atoms with Crippen LogP contribution in [0.1, 0.15) is 5.69 Å². The lowest BCUT2D eigenvalue weighted by atomic mass is 10.2. The Bertz CT molecular complexity index is 485. The number of benzene rings is 1. The van der Waals surface area contributed by atoms with Gasteiger partial charge in [-0.05, 0) is 24.3 Å². The number of nitrogens with one attached hydrogen (secondary N) is 1. The molecule has 4 nitrogen and oxygen atoms in total. The molecule has 0 bridgehead atoms. The quantitative estimate of drug-likeness (QED) is 0.790. The van der Waals surface area contributed by atoms with Gasteiger partial charge in [0.15, 0.2) is 0 Å². The highest BCUT2D eigenvalue weighted by molar-refractivity contribution is 5.72. The summed E-state index contributed by atoms with van der Waals surface area (Å²) in [5.41, 5.74) is 8.39. The van der Waals surface area contributed by atoms with E-state index in [9.17, 15) is 0 Å². The van der Waals surface area contributed by atoms with Crippen molar-refractivity contribution in [1.29, 1.82) is 0 Å². The van der Waals surface area contributed by atoms with E-state index in [0.717, 1.165) is 11.4 Å². The molecule has 1 aromatic carbocycles. The van der Waals surface area contributed by atoms with Gasteiger partial charge < -0.3 is 15.8 Å². The van der Waals surface area contributed by atoms with E-state index in [1.54, 1.807) is 13.3 Å². The second-order valence-corrected chi connectivity index (χ2v) is 3.60. The highest BCUT2D eigenvalue weighted by Gasteiger charge is 2.04. The molecule has 0 spiro atoms. The van der Waals surface area contributed by atoms with Crippen LogP contribution >= 0.6 is 0 Å². The average molecular weight is 229 g/mol. The number of ether oxygens (including phenoxy) is 1. The minimum atomic E-state index is 0.617. The average Bonchev–Trinajstić information content (AvgIpc) is 2.39. The van der Waals surface area contributed by atoms with Gasteiger partial charge in [-0.1, -0.05) is 12.1 Å². The van der Waals surface area contributed by atoms with Gasteiger partial charge in [0.05, 0.1) is 30.7 Å². The fourth-order valence-electron chi connectivity index (χ4n) is 1.56. The Morgan fingerprint density at radius 3 is 2.82 bits per heavy atom. The van der Waals surface area contributed by atoms with E-state index in [1.807, 2.05) is 36.4 Å². The number of aromatic nitrogens is 1. The lowest BCUT2D eigenvalue weighted by Gasteiger charge is -2.11. The predicted octanol–water partition coefficient (Wildman–Crippen LogP) is 2.28. The maximum atomic E-state index is 5.95. The van der Waals surface area contributed by atoms with Crippen molar-refractivity contribution in [3.8, 4) is 5.75 Å². The number of nitrogen functional groups attached to an aromatic ring is 1. The Labute approximate surface area is 100 Å². The Balaban J connectivity index is 2.09. The fourth-order valence-corrected chi connectivity index (χ4v) is 1.56. The predicted molar refractivity (Wildman–Crippen MR) is 69.0 cm³/mol. The van der Waals surface area contributed by atoms with Gasteiger partial charge in [0, 0.05) is 6.20 Å². The van der Waals surface area contributed by atoms with Crippen molar-refractivity contribution >= 4 is 11.4 Å². The molecule has 1 heterocycles. The number of para-hydroxylation sites is 1. The summed E-state index contributed by atoms with van der Waals surface area (Å²) in [5.74, 6) is 0.677. The molecule has 88 valence electrons. The first-order chi connectivity index (χ1) is 8.31. The summed E-state index contributed by atoms with van der Waals surface area (Å²) in [7, 11) is 1.61. The Morgan fingerprint density at radius 2 is 2.12 bits per heavy atom. The van der Waals surface area contributed by atoms with Crippen molar-refractivity contribution in [3.05, 3.63) is 48.3 Å². The third-order valence-electron chi connectivity index (χ3n) is 2.47. The number of rotatable bonds is 4. The molecule has 2 rings (SSSR count). The molecule has 17 heavy (non-hydrogen) atoms. The molecule has 0 radical (unpaired) electrons. The van der Waals surface area contributed by atoms with E-state index < -0.39 is 0 Å². The van der Waals surface area contributed by atoms with Gasteiger partial charge in [-0.3, -0.25) is 4.98 Å². The van der Waals surface area contributed by atoms with E-state index in [0.29, 0.717) is 18.0 Å². The molecule has 4 heteroatoms. The van der Waals surface area contributed by atoms with Crippen LogP contribution in [-0.2, 0) is 6.54 Å². The van der Waals surface area contributed by atoms with Gasteiger partial charge in [-0.15, -0.1) is 0 Å². The van der Waals surface area contributed by atoms with Crippen molar-refractivity contribution < 1.29 is 4.74 Å². The van der Waals surface area contributed by atoms with Crippen molar-refractivity contribution in [2.45, 2.75) is 6.54 Å². The number of anilines is 2. The topological polar surface area (TPSA) is 60.2 Å². The normalized spacial score (nSPS) is 9.94. The van der Waals surface area contributed by atoms with Crippen LogP contribution in [0.3, 0.4) is 0 Å². The van der Waals surface area contributed by atoms with Gasteiger partial charge in [0.2, 0.25) is 0 Å². The monoisotopic (exact) mass is 229 g/mol. The van der Waals surface area contributed by atoms with Crippen LogP contribution in [-0.4, -0.2) is 12.1 Å². The van der Waals surface area contributed by atoms with Crippen molar-refractivity contribution in [2.75, 3.05) is 18.2 Å². The molecule has 0 atom stereocenters. The summed E-state index contributed by atoms with van der Waals surface area (Å²) in [4.78, 5) is 4.23. The second-order valence-electron chi connectivity index (χ2n) is 3.60. The molecule has 0 saturated carbocycles. The highest BCUT2D eigenvalue weighted by atomic mass is 16.5. The van der Waals surface area contributed by atoms with Crippen molar-refractivity contribution in [2.24, 2.45) is 0 Å². The molecule has 0 aliphatic carbocycles. The Hall–Kier alpha value is -2.23. The molecular weight excluding hydrogens is 214 g/mol. The van der Waals surface area contributed by atoms with Crippen LogP contribution in [0.4, 0.5) is 11.4 Å². The van der Waals surface area contributed by atoms with E-state index in [-0.39, 0.29) is 0 Å². The molecule has 0 fully saturated rings. The zero-order chi connectivity index (χ0) is 12.1. The van der Waals surface area contributed by atoms with Gasteiger partial charge >= 0.3 is 0 Å². The van der Waals surface area contributed by atoms with Gasteiger partial charge in [-0.25, -0.2) is 0 Å². The lowest BCUT2D eigenvalue weighted by Crippen LogP contribution is -2.04. The lowest BCUT2D eigenvalue weighted by molar-refractivity contribution is 0.417. The first kappa shape index (κ1) is 11.3. The van der Waals surface area contributed by atoms with Crippen LogP contribution in [0.15, 0.2) is 42.6 Å². The summed E-state index contributed by atoms with van der Waals surface area (Å²) < 4.78 is 5.16. The number of methoxy groups -OCH3 is 1. The second kappa shape index (κ2) is 5.21. The Kier molecular flexibility index (Phi) is 3.45. The van der Waals surface area contributed by atoms with Gasteiger partial charge in [0.1, 0.15) is 5.75 Å². The zero-order valence-electron chi connectivity index (χ0n) is 9.68. The summed E-state index contributed by atoms with van der Waals surface area (Å²) in [6.45, 7) is 0.637. The van der Waals surface area contributed by atoms with Crippen LogP contribution in [0, 0.1) is 0 Å². The van der Waals surface area contributed by atoms with Crippen LogP contribution < -0.4 is 15.8 Å². The third-order valence-corrected chi connectivity index (χ3v) is 2.47. The molecule has 1 aromatic heterocycles. The molecule has 0 aliphatic rings. The minimum absolute atomic E-state index is 0.617. The first-order valence-corrected chi connectivity index (χ1v) is 5.37. The molecule has 0 saturated heterocycles. The zero-order valence-corrected chi connectivity index (χ0v) is 9.68. The van der Waals surface area contributed by atoms with E-state index in [1.165, 1.54) is 0 Å². The number of hydrogen-bond donors (Lipinski definition) is 2. The standard InChI is InChI=1S/C13H15N3O/c1-17-12-7-4-6-11(13(12)14)16-9-10-5-2-3-8-15-10/h2-8,16H,9,14H2,1H3. The van der Waals surface area contributed by atoms with E-state index in [4.69, 9.17) is 10.5 Å².